The molecule has 0 amide bonds. The summed E-state index contributed by atoms with van der Waals surface area (Å²) in [5.41, 5.74) is 0.944. The van der Waals surface area contributed by atoms with E-state index >= 15 is 0 Å². The molecule has 1 aromatic carbocycles. The molecule has 0 spiro atoms. The lowest BCUT2D eigenvalue weighted by atomic mass is 10.2. The van der Waals surface area contributed by atoms with Gasteiger partial charge in [0.1, 0.15) is 5.75 Å². The molecule has 0 aliphatic carbocycles. The minimum atomic E-state index is 0.251. The first-order valence-corrected chi connectivity index (χ1v) is 7.71. The molecule has 0 saturated heterocycles. The van der Waals surface area contributed by atoms with Crippen LogP contribution in [0.5, 0.6) is 5.75 Å². The van der Waals surface area contributed by atoms with Gasteiger partial charge < -0.3 is 5.11 Å². The first kappa shape index (κ1) is 14.7. The van der Waals surface area contributed by atoms with Crippen molar-refractivity contribution in [1.29, 1.82) is 0 Å². The third kappa shape index (κ3) is 3.42. The molecule has 0 saturated carbocycles. The topological polar surface area (TPSA) is 50.9 Å². The number of benzene rings is 1. The summed E-state index contributed by atoms with van der Waals surface area (Å²) in [5, 5.41) is 18.8. The Morgan fingerprint density at radius 3 is 2.70 bits per heavy atom. The fourth-order valence-corrected chi connectivity index (χ4v) is 2.85. The van der Waals surface area contributed by atoms with E-state index in [9.17, 15) is 5.11 Å². The molecule has 1 aromatic heterocycles. The second kappa shape index (κ2) is 7.14. The highest BCUT2D eigenvalue weighted by molar-refractivity contribution is 7.99. The van der Waals surface area contributed by atoms with Crippen molar-refractivity contribution in [3.8, 4) is 17.1 Å². The van der Waals surface area contributed by atoms with Gasteiger partial charge in [-0.15, -0.1) is 16.8 Å². The Morgan fingerprint density at radius 1 is 1.30 bits per heavy atom. The van der Waals surface area contributed by atoms with Gasteiger partial charge in [0.15, 0.2) is 11.0 Å². The van der Waals surface area contributed by atoms with E-state index in [1.165, 1.54) is 12.8 Å². The number of nitrogens with zero attached hydrogens (tertiary/aromatic N) is 3. The SMILES string of the molecule is C=CCn1c(SCCCC)nnc1-c1ccc(O)cc1. The lowest BCUT2D eigenvalue weighted by molar-refractivity contribution is 0.475. The second-order valence-corrected chi connectivity index (χ2v) is 5.52. The van der Waals surface area contributed by atoms with Crippen LogP contribution in [-0.2, 0) is 6.54 Å². The number of aromatic nitrogens is 3. The van der Waals surface area contributed by atoms with Gasteiger partial charge in [-0.3, -0.25) is 4.57 Å². The van der Waals surface area contributed by atoms with Crippen molar-refractivity contribution < 1.29 is 5.11 Å². The summed E-state index contributed by atoms with van der Waals surface area (Å²) >= 11 is 1.72. The highest BCUT2D eigenvalue weighted by atomic mass is 32.2. The van der Waals surface area contributed by atoms with E-state index in [1.807, 2.05) is 18.2 Å². The van der Waals surface area contributed by atoms with E-state index in [0.29, 0.717) is 6.54 Å². The van der Waals surface area contributed by atoms with E-state index in [-0.39, 0.29) is 5.75 Å². The molecule has 20 heavy (non-hydrogen) atoms. The summed E-state index contributed by atoms with van der Waals surface area (Å²) in [4.78, 5) is 0. The van der Waals surface area contributed by atoms with E-state index in [1.54, 1.807) is 23.9 Å². The number of phenols is 1. The van der Waals surface area contributed by atoms with Gasteiger partial charge in [0, 0.05) is 17.9 Å². The van der Waals surface area contributed by atoms with Crippen LogP contribution in [0.1, 0.15) is 19.8 Å². The Kier molecular flexibility index (Phi) is 5.24. The van der Waals surface area contributed by atoms with E-state index in [2.05, 4.69) is 28.3 Å². The number of hydrogen-bond acceptors (Lipinski definition) is 4. The quantitative estimate of drug-likeness (QED) is 0.479. The molecule has 1 N–H and O–H groups in total. The molecular formula is C15H19N3OS. The van der Waals surface area contributed by atoms with Gasteiger partial charge in [0.05, 0.1) is 0 Å². The van der Waals surface area contributed by atoms with Crippen molar-refractivity contribution in [3.05, 3.63) is 36.9 Å². The van der Waals surface area contributed by atoms with Gasteiger partial charge >= 0.3 is 0 Å². The van der Waals surface area contributed by atoms with Crippen LogP contribution in [0.15, 0.2) is 42.1 Å². The number of allylic oxidation sites excluding steroid dienone is 1. The molecule has 0 aliphatic heterocycles. The largest absolute Gasteiger partial charge is 0.508 e. The normalized spacial score (nSPS) is 10.7. The lowest BCUT2D eigenvalue weighted by Gasteiger charge is -2.07. The first-order valence-electron chi connectivity index (χ1n) is 6.72. The zero-order valence-corrected chi connectivity index (χ0v) is 12.4. The van der Waals surface area contributed by atoms with Crippen molar-refractivity contribution in [2.75, 3.05) is 5.75 Å². The predicted molar refractivity (Wildman–Crippen MR) is 83.0 cm³/mol. The van der Waals surface area contributed by atoms with Gasteiger partial charge in [-0.1, -0.05) is 31.2 Å². The maximum absolute atomic E-state index is 9.36. The maximum atomic E-state index is 9.36. The monoisotopic (exact) mass is 289 g/mol. The van der Waals surface area contributed by atoms with Gasteiger partial charge in [-0.05, 0) is 30.7 Å². The zero-order chi connectivity index (χ0) is 14.4. The molecule has 0 fully saturated rings. The number of phenolic OH excluding ortho intramolecular Hbond substituents is 1. The molecule has 5 heteroatoms. The van der Waals surface area contributed by atoms with Gasteiger partial charge in [-0.2, -0.15) is 0 Å². The van der Waals surface area contributed by atoms with Crippen molar-refractivity contribution >= 4 is 11.8 Å². The molecular weight excluding hydrogens is 270 g/mol. The van der Waals surface area contributed by atoms with Crippen LogP contribution in [0.25, 0.3) is 11.4 Å². The van der Waals surface area contributed by atoms with E-state index < -0.39 is 0 Å². The Balaban J connectivity index is 2.28. The van der Waals surface area contributed by atoms with Crippen molar-refractivity contribution in [2.24, 2.45) is 0 Å². The second-order valence-electron chi connectivity index (χ2n) is 4.45. The van der Waals surface area contributed by atoms with Crippen LogP contribution in [0.4, 0.5) is 0 Å². The summed E-state index contributed by atoms with van der Waals surface area (Å²) in [6, 6.07) is 7.01. The Bertz CT molecular complexity index is 563. The van der Waals surface area contributed by atoms with Crippen LogP contribution < -0.4 is 0 Å². The van der Waals surface area contributed by atoms with Crippen LogP contribution in [0.3, 0.4) is 0 Å². The van der Waals surface area contributed by atoms with Gasteiger partial charge in [0.25, 0.3) is 0 Å². The molecule has 0 atom stereocenters. The highest BCUT2D eigenvalue weighted by Crippen LogP contribution is 2.25. The Labute approximate surface area is 123 Å². The Morgan fingerprint density at radius 2 is 2.05 bits per heavy atom. The number of hydrogen-bond donors (Lipinski definition) is 1. The lowest BCUT2D eigenvalue weighted by Crippen LogP contribution is -2.00. The molecule has 2 rings (SSSR count). The number of unbranched alkanes of at least 4 members (excludes halogenated alkanes) is 1. The summed E-state index contributed by atoms with van der Waals surface area (Å²) in [7, 11) is 0. The predicted octanol–water partition coefficient (Wildman–Crippen LogP) is 3.73. The van der Waals surface area contributed by atoms with Gasteiger partial charge in [0.2, 0.25) is 0 Å². The average Bonchev–Trinajstić information content (AvgIpc) is 2.84. The minimum absolute atomic E-state index is 0.251. The van der Waals surface area contributed by atoms with Crippen LogP contribution in [0, 0.1) is 0 Å². The number of rotatable bonds is 7. The summed E-state index contributed by atoms with van der Waals surface area (Å²) in [6.07, 6.45) is 4.19. The van der Waals surface area contributed by atoms with E-state index in [4.69, 9.17) is 0 Å². The average molecular weight is 289 g/mol. The molecule has 0 bridgehead atoms. The van der Waals surface area contributed by atoms with E-state index in [0.717, 1.165) is 22.3 Å². The molecule has 0 unspecified atom stereocenters. The fraction of sp³-hybridized carbons (Fsp3) is 0.333. The molecule has 1 heterocycles. The maximum Gasteiger partial charge on any atom is 0.191 e. The zero-order valence-electron chi connectivity index (χ0n) is 11.6. The highest BCUT2D eigenvalue weighted by Gasteiger charge is 2.13. The standard InChI is InChI=1S/C15H19N3OS/c1-3-5-11-20-15-17-16-14(18(15)10-4-2)12-6-8-13(19)9-7-12/h4,6-9,19H,2-3,5,10-11H2,1H3. The van der Waals surface area contributed by atoms with Gasteiger partial charge in [-0.25, -0.2) is 0 Å². The summed E-state index contributed by atoms with van der Waals surface area (Å²) < 4.78 is 2.06. The smallest absolute Gasteiger partial charge is 0.191 e. The van der Waals surface area contributed by atoms with Crippen molar-refractivity contribution in [1.82, 2.24) is 14.8 Å². The van der Waals surface area contributed by atoms with Crippen LogP contribution >= 0.6 is 11.8 Å². The molecule has 106 valence electrons. The van der Waals surface area contributed by atoms with Crippen molar-refractivity contribution in [2.45, 2.75) is 31.5 Å². The third-order valence-electron chi connectivity index (χ3n) is 2.88. The Hall–Kier alpha value is -1.75. The van der Waals surface area contributed by atoms with Crippen LogP contribution in [0.2, 0.25) is 0 Å². The number of aromatic hydroxyl groups is 1. The molecule has 2 aromatic rings. The summed E-state index contributed by atoms with van der Waals surface area (Å²) in [5.74, 6) is 2.10. The molecule has 4 nitrogen and oxygen atoms in total. The first-order chi connectivity index (χ1) is 9.76. The molecule has 0 radical (unpaired) electrons. The summed E-state index contributed by atoms with van der Waals surface area (Å²) in [6.45, 7) is 6.65. The fourth-order valence-electron chi connectivity index (χ4n) is 1.82. The number of thioether (sulfide) groups is 1. The van der Waals surface area contributed by atoms with Crippen molar-refractivity contribution in [3.63, 3.8) is 0 Å². The molecule has 0 aliphatic rings. The van der Waals surface area contributed by atoms with Crippen LogP contribution in [-0.4, -0.2) is 25.6 Å². The third-order valence-corrected chi connectivity index (χ3v) is 3.94. The minimum Gasteiger partial charge on any atom is -0.508 e.